The van der Waals surface area contributed by atoms with Gasteiger partial charge in [-0.25, -0.2) is 0 Å². The largest absolute Gasteiger partial charge is 0.390 e. The Balaban J connectivity index is 1.45. The molecule has 3 N–H and O–H groups in total. The minimum Gasteiger partial charge on any atom is -0.390 e. The van der Waals surface area contributed by atoms with Crippen LogP contribution in [0.15, 0.2) is 60.7 Å². The topological polar surface area (TPSA) is 49.5 Å². The van der Waals surface area contributed by atoms with Crippen molar-refractivity contribution in [3.63, 3.8) is 0 Å². The van der Waals surface area contributed by atoms with E-state index in [4.69, 9.17) is 5.73 Å². The molecule has 3 rings (SSSR count). The zero-order chi connectivity index (χ0) is 16.8. The van der Waals surface area contributed by atoms with Gasteiger partial charge in [0, 0.05) is 12.6 Å². The van der Waals surface area contributed by atoms with E-state index in [-0.39, 0.29) is 6.04 Å². The standard InChI is InChI=1S/C21H28N2O/c22-20(15-17-7-3-1-4-8-17)21(24)16-23-13-11-19(12-14-23)18-9-5-2-6-10-18/h1-10,19-21,24H,11-16,22H2. The molecule has 2 atom stereocenters. The Morgan fingerprint density at radius 2 is 1.54 bits per heavy atom. The van der Waals surface area contributed by atoms with Gasteiger partial charge in [0.1, 0.15) is 0 Å². The fourth-order valence-corrected chi connectivity index (χ4v) is 3.60. The quantitative estimate of drug-likeness (QED) is 0.859. The molecule has 1 aliphatic rings. The summed E-state index contributed by atoms with van der Waals surface area (Å²) < 4.78 is 0. The molecule has 0 aliphatic carbocycles. The van der Waals surface area contributed by atoms with Gasteiger partial charge >= 0.3 is 0 Å². The van der Waals surface area contributed by atoms with Crippen LogP contribution in [0.3, 0.4) is 0 Å². The second kappa shape index (κ2) is 8.43. The Kier molecular flexibility index (Phi) is 6.02. The predicted octanol–water partition coefficient (Wildman–Crippen LogP) is 2.80. The van der Waals surface area contributed by atoms with Gasteiger partial charge < -0.3 is 15.7 Å². The summed E-state index contributed by atoms with van der Waals surface area (Å²) >= 11 is 0. The van der Waals surface area contributed by atoms with E-state index in [1.54, 1.807) is 0 Å². The van der Waals surface area contributed by atoms with Crippen molar-refractivity contribution in [1.29, 1.82) is 0 Å². The van der Waals surface area contributed by atoms with Crippen molar-refractivity contribution in [2.75, 3.05) is 19.6 Å². The molecule has 128 valence electrons. The number of likely N-dealkylation sites (tertiary alicyclic amines) is 1. The van der Waals surface area contributed by atoms with Crippen molar-refractivity contribution in [2.45, 2.75) is 37.3 Å². The Morgan fingerprint density at radius 3 is 2.17 bits per heavy atom. The monoisotopic (exact) mass is 324 g/mol. The molecule has 1 heterocycles. The van der Waals surface area contributed by atoms with E-state index >= 15 is 0 Å². The van der Waals surface area contributed by atoms with Gasteiger partial charge in [0.15, 0.2) is 0 Å². The van der Waals surface area contributed by atoms with Gasteiger partial charge in [-0.15, -0.1) is 0 Å². The predicted molar refractivity (Wildman–Crippen MR) is 99.0 cm³/mol. The van der Waals surface area contributed by atoms with Crippen LogP contribution in [-0.2, 0) is 6.42 Å². The fourth-order valence-electron chi connectivity index (χ4n) is 3.60. The number of nitrogens with two attached hydrogens (primary N) is 1. The van der Waals surface area contributed by atoms with Crippen LogP contribution in [0.25, 0.3) is 0 Å². The number of aliphatic hydroxyl groups excluding tert-OH is 1. The average Bonchev–Trinajstić information content (AvgIpc) is 2.64. The van der Waals surface area contributed by atoms with E-state index in [0.717, 1.165) is 32.4 Å². The third-order valence-corrected chi connectivity index (χ3v) is 5.11. The molecule has 0 bridgehead atoms. The Bertz CT molecular complexity index is 594. The maximum absolute atomic E-state index is 10.4. The Hall–Kier alpha value is -1.68. The first-order valence-electron chi connectivity index (χ1n) is 8.97. The maximum atomic E-state index is 10.4. The average molecular weight is 324 g/mol. The van der Waals surface area contributed by atoms with E-state index < -0.39 is 6.10 Å². The summed E-state index contributed by atoms with van der Waals surface area (Å²) in [5, 5.41) is 10.4. The zero-order valence-electron chi connectivity index (χ0n) is 14.2. The van der Waals surface area contributed by atoms with Crippen molar-refractivity contribution in [3.8, 4) is 0 Å². The van der Waals surface area contributed by atoms with Crippen molar-refractivity contribution >= 4 is 0 Å². The van der Waals surface area contributed by atoms with Gasteiger partial charge in [0.2, 0.25) is 0 Å². The smallest absolute Gasteiger partial charge is 0.0820 e. The summed E-state index contributed by atoms with van der Waals surface area (Å²) in [6, 6.07) is 20.7. The lowest BCUT2D eigenvalue weighted by molar-refractivity contribution is 0.0786. The molecular formula is C21H28N2O. The summed E-state index contributed by atoms with van der Waals surface area (Å²) in [4.78, 5) is 2.36. The van der Waals surface area contributed by atoms with Crippen LogP contribution in [0.1, 0.15) is 29.9 Å². The van der Waals surface area contributed by atoms with Crippen molar-refractivity contribution in [1.82, 2.24) is 4.90 Å². The maximum Gasteiger partial charge on any atom is 0.0820 e. The first-order valence-corrected chi connectivity index (χ1v) is 8.97. The molecule has 1 aliphatic heterocycles. The van der Waals surface area contributed by atoms with E-state index in [9.17, 15) is 5.11 Å². The highest BCUT2D eigenvalue weighted by Gasteiger charge is 2.24. The van der Waals surface area contributed by atoms with E-state index in [1.165, 1.54) is 11.1 Å². The first kappa shape index (κ1) is 17.2. The fraction of sp³-hybridized carbons (Fsp3) is 0.429. The van der Waals surface area contributed by atoms with Crippen LogP contribution in [0, 0.1) is 0 Å². The van der Waals surface area contributed by atoms with Gasteiger partial charge in [-0.2, -0.15) is 0 Å². The molecule has 2 aromatic rings. The lowest BCUT2D eigenvalue weighted by atomic mass is 9.89. The molecular weight excluding hydrogens is 296 g/mol. The number of nitrogens with zero attached hydrogens (tertiary/aromatic N) is 1. The van der Waals surface area contributed by atoms with Crippen LogP contribution < -0.4 is 5.73 Å². The van der Waals surface area contributed by atoms with E-state index in [1.807, 2.05) is 18.2 Å². The molecule has 1 fully saturated rings. The van der Waals surface area contributed by atoms with Crippen LogP contribution in [0.4, 0.5) is 0 Å². The first-order chi connectivity index (χ1) is 11.7. The molecule has 3 nitrogen and oxygen atoms in total. The third kappa shape index (κ3) is 4.67. The normalized spacial score (nSPS) is 19.1. The van der Waals surface area contributed by atoms with Crippen molar-refractivity contribution in [2.24, 2.45) is 5.73 Å². The lowest BCUT2D eigenvalue weighted by Crippen LogP contribution is -2.46. The number of benzene rings is 2. The molecule has 0 spiro atoms. The summed E-state index contributed by atoms with van der Waals surface area (Å²) in [6.07, 6.45) is 2.57. The molecule has 2 unspecified atom stereocenters. The van der Waals surface area contributed by atoms with Crippen LogP contribution >= 0.6 is 0 Å². The minimum absolute atomic E-state index is 0.209. The zero-order valence-corrected chi connectivity index (χ0v) is 14.2. The molecule has 24 heavy (non-hydrogen) atoms. The number of piperidine rings is 1. The summed E-state index contributed by atoms with van der Waals surface area (Å²) in [6.45, 7) is 2.75. The molecule has 0 saturated carbocycles. The van der Waals surface area contributed by atoms with Crippen LogP contribution in [0.5, 0.6) is 0 Å². The van der Waals surface area contributed by atoms with Gasteiger partial charge in [-0.05, 0) is 49.4 Å². The number of rotatable bonds is 6. The van der Waals surface area contributed by atoms with Gasteiger partial charge in [0.05, 0.1) is 6.10 Å². The van der Waals surface area contributed by atoms with Crippen LogP contribution in [0.2, 0.25) is 0 Å². The Labute approximate surface area is 145 Å². The van der Waals surface area contributed by atoms with Gasteiger partial charge in [0.25, 0.3) is 0 Å². The highest BCUT2D eigenvalue weighted by Crippen LogP contribution is 2.27. The lowest BCUT2D eigenvalue weighted by Gasteiger charge is -2.34. The Morgan fingerprint density at radius 1 is 0.958 bits per heavy atom. The van der Waals surface area contributed by atoms with Gasteiger partial charge in [-0.1, -0.05) is 60.7 Å². The SMILES string of the molecule is NC(Cc1ccccc1)C(O)CN1CCC(c2ccccc2)CC1. The molecule has 3 heteroatoms. The van der Waals surface area contributed by atoms with E-state index in [0.29, 0.717) is 12.5 Å². The summed E-state index contributed by atoms with van der Waals surface area (Å²) in [5.74, 6) is 0.651. The number of hydrogen-bond acceptors (Lipinski definition) is 3. The highest BCUT2D eigenvalue weighted by molar-refractivity contribution is 5.20. The summed E-state index contributed by atoms with van der Waals surface area (Å²) in [5.41, 5.74) is 8.84. The van der Waals surface area contributed by atoms with Crippen molar-refractivity contribution < 1.29 is 5.11 Å². The second-order valence-corrected chi connectivity index (χ2v) is 6.91. The molecule has 1 saturated heterocycles. The number of aliphatic hydroxyl groups is 1. The molecule has 0 amide bonds. The molecule has 0 aromatic heterocycles. The second-order valence-electron chi connectivity index (χ2n) is 6.91. The number of β-amino-alcohol motifs (C(OH)–C–C–N with tert-alkyl or cyclic N) is 1. The van der Waals surface area contributed by atoms with Crippen molar-refractivity contribution in [3.05, 3.63) is 71.8 Å². The van der Waals surface area contributed by atoms with Crippen LogP contribution in [-0.4, -0.2) is 41.8 Å². The number of hydrogen-bond donors (Lipinski definition) is 2. The van der Waals surface area contributed by atoms with E-state index in [2.05, 4.69) is 47.4 Å². The summed E-state index contributed by atoms with van der Waals surface area (Å²) in [7, 11) is 0. The third-order valence-electron chi connectivity index (χ3n) is 5.11. The highest BCUT2D eigenvalue weighted by atomic mass is 16.3. The molecule has 2 aromatic carbocycles. The minimum atomic E-state index is -0.474. The van der Waals surface area contributed by atoms with Gasteiger partial charge in [-0.3, -0.25) is 0 Å². The molecule has 0 radical (unpaired) electrons.